The first-order chi connectivity index (χ1) is 31.3. The average Bonchev–Trinajstić information content (AvgIpc) is 3.92. The normalized spacial score (nSPS) is 20.1. The lowest BCUT2D eigenvalue weighted by Gasteiger charge is -2.43. The predicted octanol–water partition coefficient (Wildman–Crippen LogP) is 6.25. The van der Waals surface area contributed by atoms with Gasteiger partial charge in [-0.1, -0.05) is 12.8 Å². The molecule has 3 fully saturated rings. The summed E-state index contributed by atoms with van der Waals surface area (Å²) in [6.07, 6.45) is 12.1. The number of carbonyl (C=O) groups is 3. The van der Waals surface area contributed by atoms with E-state index in [-0.39, 0.29) is 42.9 Å². The Morgan fingerprint density at radius 1 is 0.906 bits per heavy atom. The van der Waals surface area contributed by atoms with Crippen molar-refractivity contribution in [2.75, 3.05) is 40.7 Å². The first-order valence-corrected chi connectivity index (χ1v) is 22.3. The number of methoxy groups -OCH3 is 2. The van der Waals surface area contributed by atoms with Crippen LogP contribution in [0, 0.1) is 24.7 Å². The van der Waals surface area contributed by atoms with Crippen LogP contribution in [0.3, 0.4) is 0 Å². The Morgan fingerprint density at radius 2 is 1.67 bits per heavy atom. The van der Waals surface area contributed by atoms with Gasteiger partial charge >= 0.3 is 0 Å². The number of nitrogens with zero attached hydrogens (tertiary/aromatic N) is 6. The van der Waals surface area contributed by atoms with E-state index in [4.69, 9.17) is 28.8 Å². The van der Waals surface area contributed by atoms with E-state index in [1.165, 1.54) is 6.33 Å². The number of H-pyrrole nitrogens is 1. The van der Waals surface area contributed by atoms with Gasteiger partial charge in [0.2, 0.25) is 18.6 Å². The summed E-state index contributed by atoms with van der Waals surface area (Å²) in [5.74, 6) is 2.74. The lowest BCUT2D eigenvalue weighted by atomic mass is 9.73. The highest BCUT2D eigenvalue weighted by molar-refractivity contribution is 6.11. The van der Waals surface area contributed by atoms with Crippen LogP contribution in [-0.4, -0.2) is 106 Å². The van der Waals surface area contributed by atoms with Crippen LogP contribution in [0.1, 0.15) is 78.5 Å². The van der Waals surface area contributed by atoms with Crippen LogP contribution < -0.4 is 29.0 Å². The van der Waals surface area contributed by atoms with Gasteiger partial charge in [-0.3, -0.25) is 19.4 Å². The molecular formula is C48H52N8O8. The minimum atomic E-state index is -0.906. The molecule has 16 heteroatoms. The molecule has 0 spiro atoms. The number of likely N-dealkylation sites (tertiary alicyclic amines) is 1. The molecule has 2 aromatic carbocycles. The van der Waals surface area contributed by atoms with Crippen LogP contribution in [-0.2, 0) is 16.0 Å². The predicted molar refractivity (Wildman–Crippen MR) is 236 cm³/mol. The monoisotopic (exact) mass is 868 g/mol. The van der Waals surface area contributed by atoms with E-state index in [1.54, 1.807) is 43.4 Å². The van der Waals surface area contributed by atoms with E-state index in [1.807, 2.05) is 42.5 Å². The fourth-order valence-electron chi connectivity index (χ4n) is 9.81. The number of ether oxygens (including phenoxy) is 5. The summed E-state index contributed by atoms with van der Waals surface area (Å²) in [6, 6.07) is 12.1. The summed E-state index contributed by atoms with van der Waals surface area (Å²) in [4.78, 5) is 61.9. The Morgan fingerprint density at radius 3 is 2.44 bits per heavy atom. The van der Waals surface area contributed by atoms with Crippen molar-refractivity contribution in [3.63, 3.8) is 0 Å². The number of aromatic nitrogens is 4. The highest BCUT2D eigenvalue weighted by atomic mass is 16.7. The maximum atomic E-state index is 14.6. The lowest BCUT2D eigenvalue weighted by Crippen LogP contribution is -2.56. The van der Waals surface area contributed by atoms with Crippen molar-refractivity contribution in [1.82, 2.24) is 35.2 Å². The highest BCUT2D eigenvalue weighted by Crippen LogP contribution is 2.48. The van der Waals surface area contributed by atoms with Gasteiger partial charge < -0.3 is 38.9 Å². The molecular weight excluding hydrogens is 817 g/mol. The van der Waals surface area contributed by atoms with E-state index < -0.39 is 11.9 Å². The van der Waals surface area contributed by atoms with Crippen LogP contribution in [0.25, 0.3) is 22.3 Å². The molecule has 3 aliphatic heterocycles. The number of amides is 3. The summed E-state index contributed by atoms with van der Waals surface area (Å²) >= 11 is 0. The minimum Gasteiger partial charge on any atom is -0.493 e. The number of hydrazone groups is 1. The van der Waals surface area contributed by atoms with E-state index >= 15 is 0 Å². The second kappa shape index (κ2) is 17.5. The number of rotatable bonds is 13. The molecule has 3 aromatic heterocycles. The fraction of sp³-hybridized carbons (Fsp3) is 0.438. The third kappa shape index (κ3) is 7.83. The van der Waals surface area contributed by atoms with Crippen molar-refractivity contribution in [3.8, 4) is 40.0 Å². The van der Waals surface area contributed by atoms with Crippen molar-refractivity contribution >= 4 is 34.5 Å². The lowest BCUT2D eigenvalue weighted by molar-refractivity contribution is -0.143. The largest absolute Gasteiger partial charge is 0.493 e. The summed E-state index contributed by atoms with van der Waals surface area (Å²) in [6.45, 7) is 3.24. The third-order valence-corrected chi connectivity index (χ3v) is 13.4. The molecule has 3 atom stereocenters. The average molecular weight is 869 g/mol. The Labute approximate surface area is 370 Å². The highest BCUT2D eigenvalue weighted by Gasteiger charge is 2.44. The van der Waals surface area contributed by atoms with E-state index in [9.17, 15) is 14.4 Å². The summed E-state index contributed by atoms with van der Waals surface area (Å²) in [5, 5.41) is 9.91. The van der Waals surface area contributed by atoms with Crippen molar-refractivity contribution in [1.29, 1.82) is 0 Å². The van der Waals surface area contributed by atoms with Gasteiger partial charge in [-0.2, -0.15) is 5.10 Å². The Bertz CT molecular complexity index is 2620. The first-order valence-electron chi connectivity index (χ1n) is 22.3. The quantitative estimate of drug-likeness (QED) is 0.137. The number of pyridine rings is 1. The molecule has 2 saturated carbocycles. The molecule has 332 valence electrons. The van der Waals surface area contributed by atoms with Gasteiger partial charge in [0, 0.05) is 55.0 Å². The molecule has 0 bridgehead atoms. The number of nitrogens with one attached hydrogen (secondary N) is 2. The van der Waals surface area contributed by atoms with E-state index in [0.717, 1.165) is 55.4 Å². The smallest absolute Gasteiger partial charge is 0.255 e. The van der Waals surface area contributed by atoms with Crippen molar-refractivity contribution in [2.24, 2.45) is 22.9 Å². The van der Waals surface area contributed by atoms with Gasteiger partial charge in [-0.25, -0.2) is 15.0 Å². The summed E-state index contributed by atoms with van der Waals surface area (Å²) in [5.41, 5.74) is 5.60. The molecule has 10 rings (SSSR count). The molecule has 2 N–H and O–H groups in total. The number of aromatic amines is 1. The van der Waals surface area contributed by atoms with Crippen LogP contribution in [0.5, 0.6) is 28.7 Å². The molecule has 6 heterocycles. The zero-order chi connectivity index (χ0) is 43.9. The van der Waals surface area contributed by atoms with Crippen molar-refractivity contribution < 1.29 is 38.1 Å². The Balaban J connectivity index is 0.901. The maximum absolute atomic E-state index is 14.6. The third-order valence-electron chi connectivity index (χ3n) is 13.4. The van der Waals surface area contributed by atoms with Gasteiger partial charge in [0.15, 0.2) is 23.0 Å². The molecule has 2 aliphatic carbocycles. The second-order valence-corrected chi connectivity index (χ2v) is 17.4. The molecule has 5 aliphatic rings. The number of benzene rings is 2. The second-order valence-electron chi connectivity index (χ2n) is 17.4. The van der Waals surface area contributed by atoms with Crippen molar-refractivity contribution in [3.05, 3.63) is 83.6 Å². The number of hydrogen-bond donors (Lipinski definition) is 2. The molecule has 64 heavy (non-hydrogen) atoms. The number of aryl methyl sites for hydroxylation is 1. The molecule has 0 unspecified atom stereocenters. The van der Waals surface area contributed by atoms with Crippen LogP contribution in [0.15, 0.2) is 66.3 Å². The standard InChI is InChI=1S/C48H52N8O8/c1-27-39(42-44(52-27)43(51-25-50-42)40-36(62-24-29-8-9-29)12-13-37-45(40)64-26-63-37)46(57)53-34(22-28-14-18-49-19-15-28)48(59)55-20-16-31(17-21-55)56-47(58)33-7-5-4-6-32(33)41(54-56)30-10-11-35(60-2)38(23-30)61-3/h10-15,18-19,23,25,29,31-34,52H,4-9,16-17,20-22,24,26H2,1-3H3,(H,53,57)/t32-,33+,34-/m0/s1. The Hall–Kier alpha value is -6.71. The van der Waals surface area contributed by atoms with Gasteiger partial charge in [0.1, 0.15) is 29.3 Å². The molecule has 3 amide bonds. The topological polar surface area (TPSA) is 183 Å². The molecule has 0 radical (unpaired) electrons. The zero-order valence-electron chi connectivity index (χ0n) is 36.3. The van der Waals surface area contributed by atoms with Gasteiger partial charge in [0.05, 0.1) is 49.2 Å². The van der Waals surface area contributed by atoms with Crippen molar-refractivity contribution in [2.45, 2.75) is 76.8 Å². The van der Waals surface area contributed by atoms with E-state index in [0.29, 0.717) is 101 Å². The maximum Gasteiger partial charge on any atom is 0.255 e. The van der Waals surface area contributed by atoms with Gasteiger partial charge in [-0.05, 0) is 99.4 Å². The molecule has 16 nitrogen and oxygen atoms in total. The number of fused-ring (bicyclic) bond motifs is 3. The molecule has 1 saturated heterocycles. The van der Waals surface area contributed by atoms with Crippen LogP contribution in [0.4, 0.5) is 0 Å². The first kappa shape index (κ1) is 41.3. The summed E-state index contributed by atoms with van der Waals surface area (Å²) in [7, 11) is 3.23. The summed E-state index contributed by atoms with van der Waals surface area (Å²) < 4.78 is 29.1. The minimum absolute atomic E-state index is 0.0276. The van der Waals surface area contributed by atoms with Gasteiger partial charge in [0.25, 0.3) is 5.91 Å². The zero-order valence-corrected chi connectivity index (χ0v) is 36.3. The number of piperidine rings is 1. The SMILES string of the molecule is COc1ccc(C2=NN(C3CCN(C(=O)[C@H](Cc4ccncc4)NC(=O)c4c(C)[nH]c5c(-c6c(OCC7CC7)ccc7c6OCO7)ncnc45)CC3)C(=O)[C@@H]3CCCC[C@H]23)cc1OC. The van der Waals surface area contributed by atoms with Crippen LogP contribution in [0.2, 0.25) is 0 Å². The van der Waals surface area contributed by atoms with E-state index in [2.05, 4.69) is 25.3 Å². The van der Waals surface area contributed by atoms with Crippen LogP contribution >= 0.6 is 0 Å². The number of hydrogen-bond acceptors (Lipinski definition) is 12. The fourth-order valence-corrected chi connectivity index (χ4v) is 9.81. The van der Waals surface area contributed by atoms with Gasteiger partial charge in [-0.15, -0.1) is 0 Å². The Kier molecular flexibility index (Phi) is 11.3. The number of carbonyl (C=O) groups excluding carboxylic acids is 3. The molecule has 5 aromatic rings.